The Balaban J connectivity index is 0.000000541. The first kappa shape index (κ1) is 18.2. The molecule has 0 heterocycles. The topological polar surface area (TPSA) is 23.6 Å². The second-order valence-corrected chi connectivity index (χ2v) is 7.11. The van der Waals surface area contributed by atoms with Crippen LogP contribution in [0.5, 0.6) is 0 Å². The molecule has 22 heavy (non-hydrogen) atoms. The number of hydrogen-bond acceptors (Lipinski definition) is 3. The Labute approximate surface area is 137 Å². The highest BCUT2D eigenvalue weighted by molar-refractivity contribution is 7.83. The predicted octanol–water partition coefficient (Wildman–Crippen LogP) is 3.48. The fourth-order valence-corrected chi connectivity index (χ4v) is 1.90. The summed E-state index contributed by atoms with van der Waals surface area (Å²) in [6, 6.07) is 17.3. The van der Waals surface area contributed by atoms with Crippen LogP contribution in [-0.2, 0) is 10.8 Å². The lowest BCUT2D eigenvalue weighted by Gasteiger charge is -2.14. The normalized spacial score (nSPS) is 9.95. The first-order valence-electron chi connectivity index (χ1n) is 7.11. The zero-order chi connectivity index (χ0) is 16.7. The molecule has 0 unspecified atom stereocenters. The third-order valence-electron chi connectivity index (χ3n) is 3.10. The summed E-state index contributed by atoms with van der Waals surface area (Å²) < 4.78 is 9.56. The molecule has 0 aliphatic rings. The van der Waals surface area contributed by atoms with Crippen molar-refractivity contribution in [1.29, 1.82) is 0 Å². The summed E-state index contributed by atoms with van der Waals surface area (Å²) in [7, 11) is 7.61. The molecule has 0 atom stereocenters. The molecule has 0 N–H and O–H groups in total. The summed E-state index contributed by atoms with van der Waals surface area (Å²) in [6.45, 7) is 0. The van der Waals surface area contributed by atoms with Crippen LogP contribution in [0.1, 0.15) is 0 Å². The number of nitrogens with zero attached hydrogens (tertiary/aromatic N) is 2. The van der Waals surface area contributed by atoms with Crippen molar-refractivity contribution in [3.8, 4) is 11.1 Å². The first-order valence-corrected chi connectivity index (χ1v) is 9.08. The Morgan fingerprint density at radius 2 is 0.864 bits per heavy atom. The number of benzene rings is 2. The molecule has 2 rings (SSSR count). The molecule has 0 radical (unpaired) electrons. The minimum absolute atomic E-state index is 0.611. The van der Waals surface area contributed by atoms with E-state index in [1.807, 2.05) is 0 Å². The molecule has 3 nitrogen and oxygen atoms in total. The van der Waals surface area contributed by atoms with Crippen LogP contribution in [0.4, 0.5) is 11.4 Å². The maximum absolute atomic E-state index is 9.56. The Morgan fingerprint density at radius 3 is 1.05 bits per heavy atom. The standard InChI is InChI=1S/C16H20N2.C2H6OS/c1-17(2)15-9-5-13(6-10-15)14-7-11-16(12-8-14)18(3)4;1-4(2)3/h5-12H,1-4H3;1-2H3. The summed E-state index contributed by atoms with van der Waals surface area (Å²) in [5, 5.41) is 0. The number of hydrogen-bond donors (Lipinski definition) is 0. The zero-order valence-electron chi connectivity index (χ0n) is 14.3. The average Bonchev–Trinajstić information content (AvgIpc) is 2.47. The molecule has 0 aromatic heterocycles. The molecule has 0 saturated carbocycles. The first-order chi connectivity index (χ1) is 10.3. The number of rotatable bonds is 3. The van der Waals surface area contributed by atoms with E-state index < -0.39 is 10.8 Å². The highest BCUT2D eigenvalue weighted by Gasteiger charge is 2.00. The van der Waals surface area contributed by atoms with Crippen LogP contribution in [0.15, 0.2) is 48.5 Å². The van der Waals surface area contributed by atoms with Gasteiger partial charge in [-0.15, -0.1) is 0 Å². The highest BCUT2D eigenvalue weighted by Crippen LogP contribution is 2.24. The molecular weight excluding hydrogens is 292 g/mol. The minimum Gasteiger partial charge on any atom is -0.378 e. The van der Waals surface area contributed by atoms with Gasteiger partial charge < -0.3 is 9.80 Å². The Morgan fingerprint density at radius 1 is 0.636 bits per heavy atom. The van der Waals surface area contributed by atoms with E-state index in [9.17, 15) is 4.21 Å². The lowest BCUT2D eigenvalue weighted by molar-refractivity contribution is 0.690. The van der Waals surface area contributed by atoms with Gasteiger partial charge in [-0.05, 0) is 35.4 Å². The van der Waals surface area contributed by atoms with Crippen LogP contribution in [0.25, 0.3) is 11.1 Å². The van der Waals surface area contributed by atoms with E-state index in [0.717, 1.165) is 0 Å². The van der Waals surface area contributed by atoms with E-state index in [1.165, 1.54) is 22.5 Å². The Hall–Kier alpha value is -1.81. The van der Waals surface area contributed by atoms with Gasteiger partial charge in [0.2, 0.25) is 0 Å². The summed E-state index contributed by atoms with van der Waals surface area (Å²) in [4.78, 5) is 4.22. The smallest absolute Gasteiger partial charge is 0.0361 e. The fraction of sp³-hybridized carbons (Fsp3) is 0.333. The lowest BCUT2D eigenvalue weighted by atomic mass is 10.0. The van der Waals surface area contributed by atoms with Crippen molar-refractivity contribution in [2.45, 2.75) is 0 Å². The Bertz CT molecular complexity index is 536. The zero-order valence-corrected chi connectivity index (χ0v) is 15.1. The fourth-order valence-electron chi connectivity index (χ4n) is 1.90. The third-order valence-corrected chi connectivity index (χ3v) is 3.10. The molecule has 2 aromatic rings. The maximum atomic E-state index is 9.56. The van der Waals surface area contributed by atoms with Crippen molar-refractivity contribution >= 4 is 22.2 Å². The predicted molar refractivity (Wildman–Crippen MR) is 101 cm³/mol. The molecule has 0 fully saturated rings. The summed E-state index contributed by atoms with van der Waals surface area (Å²) in [5.41, 5.74) is 4.96. The van der Waals surface area contributed by atoms with Crippen molar-refractivity contribution in [3.63, 3.8) is 0 Å². The van der Waals surface area contributed by atoms with Gasteiger partial charge in [0.1, 0.15) is 0 Å². The second-order valence-electron chi connectivity index (χ2n) is 5.62. The molecule has 120 valence electrons. The summed E-state index contributed by atoms with van der Waals surface area (Å²) >= 11 is 0. The van der Waals surface area contributed by atoms with Crippen molar-refractivity contribution in [2.75, 3.05) is 50.5 Å². The third kappa shape index (κ3) is 5.90. The van der Waals surface area contributed by atoms with Crippen molar-refractivity contribution < 1.29 is 4.21 Å². The quantitative estimate of drug-likeness (QED) is 0.865. The molecule has 2 aromatic carbocycles. The molecule has 0 aliphatic carbocycles. The van der Waals surface area contributed by atoms with E-state index in [4.69, 9.17) is 0 Å². The van der Waals surface area contributed by atoms with Crippen molar-refractivity contribution in [2.24, 2.45) is 0 Å². The molecule has 0 bridgehead atoms. The lowest BCUT2D eigenvalue weighted by Crippen LogP contribution is -2.08. The molecule has 0 saturated heterocycles. The van der Waals surface area contributed by atoms with E-state index >= 15 is 0 Å². The van der Waals surface area contributed by atoms with Gasteiger partial charge in [0, 0.05) is 62.9 Å². The van der Waals surface area contributed by atoms with Crippen LogP contribution in [0.2, 0.25) is 0 Å². The second kappa shape index (κ2) is 8.59. The SMILES string of the molecule is CN(C)c1ccc(-c2ccc(N(C)C)cc2)cc1.CS(C)=O. The minimum atomic E-state index is -0.611. The van der Waals surface area contributed by atoms with Crippen molar-refractivity contribution in [1.82, 2.24) is 0 Å². The maximum Gasteiger partial charge on any atom is 0.0361 e. The van der Waals surface area contributed by atoms with Crippen molar-refractivity contribution in [3.05, 3.63) is 48.5 Å². The van der Waals surface area contributed by atoms with Crippen LogP contribution in [0, 0.1) is 0 Å². The van der Waals surface area contributed by atoms with Gasteiger partial charge in [0.05, 0.1) is 0 Å². The average molecular weight is 318 g/mol. The molecule has 0 aliphatic heterocycles. The van der Waals surface area contributed by atoms with Gasteiger partial charge in [-0.3, -0.25) is 4.21 Å². The Kier molecular flexibility index (Phi) is 7.12. The highest BCUT2D eigenvalue weighted by atomic mass is 32.2. The number of anilines is 2. The van der Waals surface area contributed by atoms with Gasteiger partial charge in [0.25, 0.3) is 0 Å². The van der Waals surface area contributed by atoms with Gasteiger partial charge in [-0.2, -0.15) is 0 Å². The van der Waals surface area contributed by atoms with Crippen LogP contribution < -0.4 is 9.80 Å². The molecular formula is C18H26N2OS. The van der Waals surface area contributed by atoms with Gasteiger partial charge in [-0.1, -0.05) is 24.3 Å². The van der Waals surface area contributed by atoms with E-state index in [-0.39, 0.29) is 0 Å². The van der Waals surface area contributed by atoms with E-state index in [2.05, 4.69) is 86.5 Å². The van der Waals surface area contributed by atoms with Crippen LogP contribution in [0.3, 0.4) is 0 Å². The molecule has 0 amide bonds. The molecule has 4 heteroatoms. The summed E-state index contributed by atoms with van der Waals surface area (Å²) in [5.74, 6) is 0. The summed E-state index contributed by atoms with van der Waals surface area (Å²) in [6.07, 6.45) is 3.28. The van der Waals surface area contributed by atoms with Gasteiger partial charge >= 0.3 is 0 Å². The van der Waals surface area contributed by atoms with Gasteiger partial charge in [0.15, 0.2) is 0 Å². The van der Waals surface area contributed by atoms with E-state index in [1.54, 1.807) is 12.5 Å². The van der Waals surface area contributed by atoms with E-state index in [0.29, 0.717) is 0 Å². The monoisotopic (exact) mass is 318 g/mol. The molecule has 0 spiro atoms. The van der Waals surface area contributed by atoms with Crippen LogP contribution >= 0.6 is 0 Å². The van der Waals surface area contributed by atoms with Crippen LogP contribution in [-0.4, -0.2) is 44.9 Å². The van der Waals surface area contributed by atoms with Gasteiger partial charge in [-0.25, -0.2) is 0 Å². The largest absolute Gasteiger partial charge is 0.378 e.